The van der Waals surface area contributed by atoms with Gasteiger partial charge in [-0.1, -0.05) is 23.7 Å². The first kappa shape index (κ1) is 25.2. The zero-order chi connectivity index (χ0) is 27.1. The molecule has 2 heterocycles. The zero-order valence-corrected chi connectivity index (χ0v) is 22.1. The number of esters is 1. The van der Waals surface area contributed by atoms with Crippen LogP contribution in [-0.4, -0.2) is 46.1 Å². The number of para-hydroxylation sites is 1. The fraction of sp³-hybridized carbons (Fsp3) is 0.310. The van der Waals surface area contributed by atoms with Crippen LogP contribution in [0.3, 0.4) is 0 Å². The van der Waals surface area contributed by atoms with E-state index in [1.54, 1.807) is 24.3 Å². The lowest BCUT2D eigenvalue weighted by Crippen LogP contribution is -2.31. The van der Waals surface area contributed by atoms with Crippen LogP contribution in [0.2, 0.25) is 5.02 Å². The standard InChI is InChI=1S/C29H26ClNO8/c1-34-23-9-16(10-24(35-2)28(23)36-13-25(32)31-20-6-4-3-5-19(20)30)26-18-11-22-21(38-14-39-22)8-15(18)7-17-12-37-29(33)27(17)26/h3-6,8-11,17,26-27H,7,12-14H2,1-2H3,(H,31,32)/t17-,26+,27-/m0/s1. The van der Waals surface area contributed by atoms with Gasteiger partial charge in [-0.3, -0.25) is 9.59 Å². The molecule has 3 aliphatic rings. The highest BCUT2D eigenvalue weighted by Gasteiger charge is 2.48. The molecule has 0 bridgehead atoms. The number of benzene rings is 3. The van der Waals surface area contributed by atoms with E-state index in [1.165, 1.54) is 14.2 Å². The highest BCUT2D eigenvalue weighted by molar-refractivity contribution is 6.33. The SMILES string of the molecule is COc1cc([C@@H]2c3cc4c(cc3C[C@H]3COC(=O)[C@@H]32)OCO4)cc(OC)c1OCC(=O)Nc1ccccc1Cl. The van der Waals surface area contributed by atoms with Crippen LogP contribution < -0.4 is 29.0 Å². The fourth-order valence-corrected chi connectivity index (χ4v) is 5.80. The van der Waals surface area contributed by atoms with Crippen molar-refractivity contribution < 1.29 is 38.0 Å². The molecule has 3 atom stereocenters. The topological polar surface area (TPSA) is 102 Å². The van der Waals surface area contributed by atoms with Crippen LogP contribution in [0.4, 0.5) is 5.69 Å². The number of fused-ring (bicyclic) bond motifs is 3. The van der Waals surface area contributed by atoms with Crippen LogP contribution in [0.25, 0.3) is 0 Å². The summed E-state index contributed by atoms with van der Waals surface area (Å²) in [6.07, 6.45) is 0.703. The van der Waals surface area contributed by atoms with Crippen molar-refractivity contribution in [2.75, 3.05) is 39.5 Å². The number of halogens is 1. The maximum Gasteiger partial charge on any atom is 0.310 e. The molecule has 1 fully saturated rings. The van der Waals surface area contributed by atoms with Gasteiger partial charge in [0.05, 0.1) is 37.5 Å². The average molecular weight is 552 g/mol. The second-order valence-electron chi connectivity index (χ2n) is 9.57. The monoisotopic (exact) mass is 551 g/mol. The molecule has 0 radical (unpaired) electrons. The largest absolute Gasteiger partial charge is 0.493 e. The number of carbonyl (C=O) groups excluding carboxylic acids is 2. The third-order valence-corrected chi connectivity index (χ3v) is 7.70. The van der Waals surface area contributed by atoms with Crippen LogP contribution in [0.15, 0.2) is 48.5 Å². The summed E-state index contributed by atoms with van der Waals surface area (Å²) in [5.41, 5.74) is 3.33. The lowest BCUT2D eigenvalue weighted by Gasteiger charge is -2.34. The number of nitrogens with one attached hydrogen (secondary N) is 1. The highest BCUT2D eigenvalue weighted by Crippen LogP contribution is 2.52. The summed E-state index contributed by atoms with van der Waals surface area (Å²) in [5.74, 6) is 1.03. The number of carbonyl (C=O) groups is 2. The van der Waals surface area contributed by atoms with Gasteiger partial charge in [-0.2, -0.15) is 0 Å². The summed E-state index contributed by atoms with van der Waals surface area (Å²) in [5, 5.41) is 3.15. The van der Waals surface area contributed by atoms with Gasteiger partial charge in [-0.05, 0) is 59.5 Å². The molecule has 0 unspecified atom stereocenters. The third-order valence-electron chi connectivity index (χ3n) is 7.37. The number of hydrogen-bond acceptors (Lipinski definition) is 8. The smallest absolute Gasteiger partial charge is 0.310 e. The minimum Gasteiger partial charge on any atom is -0.493 e. The molecule has 2 aliphatic heterocycles. The van der Waals surface area contributed by atoms with Gasteiger partial charge in [0.15, 0.2) is 29.6 Å². The third kappa shape index (κ3) is 4.57. The molecule has 1 aliphatic carbocycles. The van der Waals surface area contributed by atoms with Gasteiger partial charge >= 0.3 is 5.97 Å². The Morgan fingerprint density at radius 1 is 1.03 bits per heavy atom. The van der Waals surface area contributed by atoms with Crippen molar-refractivity contribution >= 4 is 29.2 Å². The van der Waals surface area contributed by atoms with E-state index in [1.807, 2.05) is 24.3 Å². The van der Waals surface area contributed by atoms with Crippen LogP contribution in [0.1, 0.15) is 22.6 Å². The van der Waals surface area contributed by atoms with Gasteiger partial charge in [0.25, 0.3) is 5.91 Å². The Morgan fingerprint density at radius 3 is 2.46 bits per heavy atom. The van der Waals surface area contributed by atoms with E-state index in [-0.39, 0.29) is 42.9 Å². The van der Waals surface area contributed by atoms with Crippen molar-refractivity contribution in [2.45, 2.75) is 12.3 Å². The zero-order valence-electron chi connectivity index (χ0n) is 21.3. The fourth-order valence-electron chi connectivity index (χ4n) is 5.61. The van der Waals surface area contributed by atoms with Gasteiger partial charge in [-0.25, -0.2) is 0 Å². The van der Waals surface area contributed by atoms with Gasteiger partial charge in [0, 0.05) is 11.8 Å². The quantitative estimate of drug-likeness (QED) is 0.426. The minimum atomic E-state index is -0.398. The number of anilines is 1. The first-order valence-corrected chi connectivity index (χ1v) is 12.9. The van der Waals surface area contributed by atoms with Crippen LogP contribution >= 0.6 is 11.6 Å². The highest BCUT2D eigenvalue weighted by atomic mass is 35.5. The number of amides is 1. The molecular weight excluding hydrogens is 526 g/mol. The van der Waals surface area contributed by atoms with Crippen LogP contribution in [0.5, 0.6) is 28.7 Å². The van der Waals surface area contributed by atoms with E-state index in [0.29, 0.717) is 46.7 Å². The van der Waals surface area contributed by atoms with Crippen LogP contribution in [-0.2, 0) is 20.7 Å². The predicted octanol–water partition coefficient (Wildman–Crippen LogP) is 4.58. The Morgan fingerprint density at radius 2 is 1.74 bits per heavy atom. The minimum absolute atomic E-state index is 0.0248. The molecule has 0 spiro atoms. The molecule has 202 valence electrons. The molecule has 9 nitrogen and oxygen atoms in total. The van der Waals surface area contributed by atoms with Gasteiger partial charge in [0.2, 0.25) is 12.5 Å². The summed E-state index contributed by atoms with van der Waals surface area (Å²) in [6.45, 7) is 0.226. The van der Waals surface area contributed by atoms with Crippen molar-refractivity contribution in [1.82, 2.24) is 0 Å². The number of rotatable bonds is 7. The van der Waals surface area contributed by atoms with E-state index < -0.39 is 5.91 Å². The average Bonchev–Trinajstić information content (AvgIpc) is 3.56. The molecule has 39 heavy (non-hydrogen) atoms. The molecule has 6 rings (SSSR count). The molecule has 3 aromatic carbocycles. The van der Waals surface area contributed by atoms with Crippen LogP contribution in [0, 0.1) is 11.8 Å². The molecule has 1 saturated heterocycles. The molecule has 10 heteroatoms. The molecule has 0 saturated carbocycles. The molecule has 0 aromatic heterocycles. The summed E-state index contributed by atoms with van der Waals surface area (Å²) >= 11 is 6.14. The van der Waals surface area contributed by atoms with Crippen molar-refractivity contribution in [3.05, 3.63) is 70.2 Å². The summed E-state index contributed by atoms with van der Waals surface area (Å²) in [6, 6.07) is 14.5. The first-order valence-electron chi connectivity index (χ1n) is 12.5. The van der Waals surface area contributed by atoms with E-state index >= 15 is 0 Å². The predicted molar refractivity (Wildman–Crippen MR) is 141 cm³/mol. The maximum absolute atomic E-state index is 12.9. The Kier molecular flexibility index (Phi) is 6.60. The lowest BCUT2D eigenvalue weighted by molar-refractivity contribution is -0.141. The normalized spacial score (nSPS) is 20.5. The van der Waals surface area contributed by atoms with E-state index in [2.05, 4.69) is 5.32 Å². The first-order chi connectivity index (χ1) is 19.0. The van der Waals surface area contributed by atoms with E-state index in [9.17, 15) is 9.59 Å². The summed E-state index contributed by atoms with van der Waals surface area (Å²) in [7, 11) is 3.02. The van der Waals surface area contributed by atoms with Crippen molar-refractivity contribution in [2.24, 2.45) is 11.8 Å². The number of ether oxygens (including phenoxy) is 6. The van der Waals surface area contributed by atoms with Gasteiger partial charge in [0.1, 0.15) is 0 Å². The maximum atomic E-state index is 12.9. The molecule has 1 N–H and O–H groups in total. The summed E-state index contributed by atoms with van der Waals surface area (Å²) in [4.78, 5) is 25.5. The number of methoxy groups -OCH3 is 2. The second kappa shape index (κ2) is 10.2. The second-order valence-corrected chi connectivity index (χ2v) is 9.98. The van der Waals surface area contributed by atoms with Crippen molar-refractivity contribution in [3.8, 4) is 28.7 Å². The Labute approximate surface area is 229 Å². The number of hydrogen-bond donors (Lipinski definition) is 1. The lowest BCUT2D eigenvalue weighted by atomic mass is 9.67. The summed E-state index contributed by atoms with van der Waals surface area (Å²) < 4.78 is 34.0. The Hall–Kier alpha value is -4.11. The molecule has 1 amide bonds. The number of cyclic esters (lactones) is 1. The van der Waals surface area contributed by atoms with E-state index in [0.717, 1.165) is 16.7 Å². The van der Waals surface area contributed by atoms with Crippen molar-refractivity contribution in [3.63, 3.8) is 0 Å². The van der Waals surface area contributed by atoms with E-state index in [4.69, 9.17) is 40.0 Å². The Balaban J connectivity index is 1.34. The molecule has 3 aromatic rings. The van der Waals surface area contributed by atoms with Crippen molar-refractivity contribution in [1.29, 1.82) is 0 Å². The Bertz CT molecular complexity index is 1430. The van der Waals surface area contributed by atoms with Gasteiger partial charge in [-0.15, -0.1) is 0 Å². The van der Waals surface area contributed by atoms with Gasteiger partial charge < -0.3 is 33.7 Å². The molecular formula is C29H26ClNO8.